The highest BCUT2D eigenvalue weighted by Gasteiger charge is 2.46. The molecule has 2 aromatic carbocycles. The van der Waals surface area contributed by atoms with Crippen molar-refractivity contribution >= 4 is 16.7 Å². The van der Waals surface area contributed by atoms with Crippen molar-refractivity contribution in [1.82, 2.24) is 4.90 Å². The molecule has 2 atom stereocenters. The average molecular weight is 519 g/mol. The minimum Gasteiger partial charge on any atom is -0.504 e. The Balaban J connectivity index is 1.18. The van der Waals surface area contributed by atoms with Crippen LogP contribution in [0.2, 0.25) is 0 Å². The SMILES string of the molecule is CC1CC2CC(C)CC(N(C)CCCCN(C)c3ccc(-c4cc(=O)c5ccc(O)c(O)c5o4)cc3)(C1)C2. The number of nitrogens with zero attached hydrogens (tertiary/aromatic N) is 2. The fraction of sp³-hybridized carbons (Fsp3) is 0.531. The molecule has 2 bridgehead atoms. The smallest absolute Gasteiger partial charge is 0.201 e. The van der Waals surface area contributed by atoms with Crippen LogP contribution in [-0.2, 0) is 0 Å². The van der Waals surface area contributed by atoms with Crippen molar-refractivity contribution in [3.05, 3.63) is 52.7 Å². The number of anilines is 1. The Hall–Kier alpha value is -2.99. The Morgan fingerprint density at radius 3 is 2.26 bits per heavy atom. The van der Waals surface area contributed by atoms with Crippen molar-refractivity contribution in [1.29, 1.82) is 0 Å². The van der Waals surface area contributed by atoms with Crippen molar-refractivity contribution in [3.63, 3.8) is 0 Å². The maximum atomic E-state index is 12.5. The Kier molecular flexibility index (Phi) is 7.45. The summed E-state index contributed by atoms with van der Waals surface area (Å²) >= 11 is 0. The number of benzene rings is 2. The van der Waals surface area contributed by atoms with Gasteiger partial charge >= 0.3 is 0 Å². The van der Waals surface area contributed by atoms with Crippen molar-refractivity contribution in [2.75, 3.05) is 32.1 Å². The third-order valence-electron chi connectivity index (χ3n) is 9.09. The van der Waals surface area contributed by atoms with Gasteiger partial charge in [0.15, 0.2) is 16.8 Å². The van der Waals surface area contributed by atoms with Gasteiger partial charge in [-0.2, -0.15) is 0 Å². The molecule has 204 valence electrons. The Morgan fingerprint density at radius 2 is 1.58 bits per heavy atom. The van der Waals surface area contributed by atoms with Gasteiger partial charge in [-0.05, 0) is 113 Å². The van der Waals surface area contributed by atoms with Crippen LogP contribution in [0.25, 0.3) is 22.3 Å². The lowest BCUT2D eigenvalue weighted by atomic mass is 9.60. The molecule has 38 heavy (non-hydrogen) atoms. The molecule has 2 aliphatic rings. The highest BCUT2D eigenvalue weighted by Crippen LogP contribution is 2.50. The molecule has 2 saturated carbocycles. The third kappa shape index (κ3) is 5.28. The monoisotopic (exact) mass is 518 g/mol. The third-order valence-corrected chi connectivity index (χ3v) is 9.09. The number of phenolic OH excluding ortho intramolecular Hbond substituents is 2. The second kappa shape index (κ2) is 10.6. The number of hydrogen-bond donors (Lipinski definition) is 2. The zero-order valence-corrected chi connectivity index (χ0v) is 23.2. The largest absolute Gasteiger partial charge is 0.504 e. The van der Waals surface area contributed by atoms with Gasteiger partial charge in [0.1, 0.15) is 5.76 Å². The normalized spacial score (nSPS) is 25.1. The quantitative estimate of drug-likeness (QED) is 0.258. The Labute approximate surface area is 225 Å². The molecule has 6 heteroatoms. The molecule has 0 amide bonds. The first kappa shape index (κ1) is 26.6. The molecule has 1 aromatic heterocycles. The summed E-state index contributed by atoms with van der Waals surface area (Å²) < 4.78 is 5.81. The van der Waals surface area contributed by atoms with Gasteiger partial charge in [0, 0.05) is 36.4 Å². The molecule has 2 aliphatic carbocycles. The summed E-state index contributed by atoms with van der Waals surface area (Å²) in [6, 6.07) is 12.1. The number of phenols is 2. The summed E-state index contributed by atoms with van der Waals surface area (Å²) in [5.41, 5.74) is 2.00. The number of fused-ring (bicyclic) bond motifs is 3. The van der Waals surface area contributed by atoms with Crippen LogP contribution in [0.15, 0.2) is 51.7 Å². The van der Waals surface area contributed by atoms with E-state index >= 15 is 0 Å². The second-order valence-corrected chi connectivity index (χ2v) is 12.3. The molecule has 5 rings (SSSR count). The van der Waals surface area contributed by atoms with Gasteiger partial charge in [-0.1, -0.05) is 13.8 Å². The Morgan fingerprint density at radius 1 is 0.921 bits per heavy atom. The van der Waals surface area contributed by atoms with Crippen LogP contribution < -0.4 is 10.3 Å². The maximum Gasteiger partial charge on any atom is 0.201 e. The van der Waals surface area contributed by atoms with E-state index in [1.807, 2.05) is 24.3 Å². The number of rotatable bonds is 8. The van der Waals surface area contributed by atoms with Crippen LogP contribution in [0.4, 0.5) is 5.69 Å². The van der Waals surface area contributed by atoms with Crippen molar-refractivity contribution in [3.8, 4) is 22.8 Å². The molecule has 0 spiro atoms. The van der Waals surface area contributed by atoms with E-state index in [9.17, 15) is 15.0 Å². The first-order valence-corrected chi connectivity index (χ1v) is 14.2. The van der Waals surface area contributed by atoms with Gasteiger partial charge in [0.2, 0.25) is 5.75 Å². The number of unbranched alkanes of at least 4 members (excludes halogenated alkanes) is 1. The van der Waals surface area contributed by atoms with Gasteiger partial charge in [-0.3, -0.25) is 4.79 Å². The van der Waals surface area contributed by atoms with Crippen molar-refractivity contribution in [2.24, 2.45) is 17.8 Å². The average Bonchev–Trinajstić information content (AvgIpc) is 2.87. The summed E-state index contributed by atoms with van der Waals surface area (Å²) in [5.74, 6) is 2.23. The molecule has 6 nitrogen and oxygen atoms in total. The highest BCUT2D eigenvalue weighted by atomic mass is 16.4. The first-order chi connectivity index (χ1) is 18.1. The van der Waals surface area contributed by atoms with Crippen LogP contribution in [0.3, 0.4) is 0 Å². The van der Waals surface area contributed by atoms with Gasteiger partial charge in [0.25, 0.3) is 0 Å². The highest BCUT2D eigenvalue weighted by molar-refractivity contribution is 5.86. The van der Waals surface area contributed by atoms with Crippen LogP contribution in [0, 0.1) is 17.8 Å². The van der Waals surface area contributed by atoms with Crippen molar-refractivity contribution in [2.45, 2.75) is 64.3 Å². The van der Waals surface area contributed by atoms with E-state index in [1.165, 1.54) is 56.7 Å². The van der Waals surface area contributed by atoms with E-state index in [2.05, 4.69) is 37.7 Å². The second-order valence-electron chi connectivity index (χ2n) is 12.3. The van der Waals surface area contributed by atoms with E-state index < -0.39 is 5.75 Å². The van der Waals surface area contributed by atoms with Gasteiger partial charge in [-0.25, -0.2) is 0 Å². The van der Waals surface area contributed by atoms with Crippen LogP contribution in [0.1, 0.15) is 58.8 Å². The summed E-state index contributed by atoms with van der Waals surface area (Å²) in [6.07, 6.45) is 9.26. The zero-order chi connectivity index (χ0) is 27.0. The lowest BCUT2D eigenvalue weighted by molar-refractivity contribution is -0.0267. The van der Waals surface area contributed by atoms with E-state index in [1.54, 1.807) is 0 Å². The van der Waals surface area contributed by atoms with Gasteiger partial charge in [0.05, 0.1) is 5.39 Å². The zero-order valence-electron chi connectivity index (χ0n) is 23.2. The van der Waals surface area contributed by atoms with Crippen LogP contribution in [0.5, 0.6) is 11.5 Å². The molecule has 2 unspecified atom stereocenters. The predicted molar refractivity (Wildman–Crippen MR) is 154 cm³/mol. The molecule has 2 N–H and O–H groups in total. The van der Waals surface area contributed by atoms with Crippen LogP contribution in [-0.4, -0.2) is 47.8 Å². The molecule has 0 saturated heterocycles. The minimum absolute atomic E-state index is 0.000840. The predicted octanol–water partition coefficient (Wildman–Crippen LogP) is 6.62. The Bertz CT molecular complexity index is 1310. The molecule has 3 aromatic rings. The molecular weight excluding hydrogens is 476 g/mol. The van der Waals surface area contributed by atoms with E-state index in [-0.39, 0.29) is 22.1 Å². The van der Waals surface area contributed by atoms with Gasteiger partial charge in [-0.15, -0.1) is 0 Å². The van der Waals surface area contributed by atoms with Crippen LogP contribution >= 0.6 is 0 Å². The molecule has 0 radical (unpaired) electrons. The summed E-state index contributed by atoms with van der Waals surface area (Å²) in [4.78, 5) is 17.5. The van der Waals surface area contributed by atoms with Gasteiger partial charge < -0.3 is 24.4 Å². The molecule has 0 aliphatic heterocycles. The summed E-state index contributed by atoms with van der Waals surface area (Å²) in [5, 5.41) is 20.2. The fourth-order valence-electron chi connectivity index (χ4n) is 7.40. The summed E-state index contributed by atoms with van der Waals surface area (Å²) in [6.45, 7) is 7.04. The molecule has 2 fully saturated rings. The van der Waals surface area contributed by atoms with E-state index in [0.29, 0.717) is 11.3 Å². The number of hydrogen-bond acceptors (Lipinski definition) is 6. The molecular formula is C32H42N2O4. The first-order valence-electron chi connectivity index (χ1n) is 14.2. The lowest BCUT2D eigenvalue weighted by Crippen LogP contribution is -2.55. The van der Waals surface area contributed by atoms with E-state index in [4.69, 9.17) is 4.42 Å². The fourth-order valence-corrected chi connectivity index (χ4v) is 7.40. The maximum absolute atomic E-state index is 12.5. The topological polar surface area (TPSA) is 77.2 Å². The van der Waals surface area contributed by atoms with Crippen molar-refractivity contribution < 1.29 is 14.6 Å². The summed E-state index contributed by atoms with van der Waals surface area (Å²) in [7, 11) is 4.48. The minimum atomic E-state index is -0.418. The lowest BCUT2D eigenvalue weighted by Gasteiger charge is -2.54. The number of aromatic hydroxyl groups is 2. The molecule has 1 heterocycles. The van der Waals surface area contributed by atoms with E-state index in [0.717, 1.165) is 48.5 Å². The standard InChI is InChI=1S/C32H42N2O4/c1-21-15-23-16-22(2)19-32(18-21,20-23)34(4)14-6-5-13-33(3)25-9-7-24(8-10-25)29-17-28(36)26-11-12-27(35)30(37)31(26)38-29/h7-12,17,21-23,35,37H,5-6,13-16,18-20H2,1-4H3.